The fourth-order valence-electron chi connectivity index (χ4n) is 3.32. The fraction of sp³-hybridized carbons (Fsp3) is 0.600. The number of anilines is 1. The highest BCUT2D eigenvalue weighted by molar-refractivity contribution is 5.78. The van der Waals surface area contributed by atoms with E-state index in [0.29, 0.717) is 13.0 Å². The summed E-state index contributed by atoms with van der Waals surface area (Å²) >= 11 is 0. The average Bonchev–Trinajstić information content (AvgIpc) is 2.61. The van der Waals surface area contributed by atoms with E-state index in [1.807, 2.05) is 11.8 Å². The first-order chi connectivity index (χ1) is 11.9. The zero-order valence-electron chi connectivity index (χ0n) is 16.0. The van der Waals surface area contributed by atoms with Crippen molar-refractivity contribution in [3.63, 3.8) is 0 Å². The molecule has 0 aliphatic carbocycles. The topological polar surface area (TPSA) is 43.9 Å². The van der Waals surface area contributed by atoms with E-state index in [-0.39, 0.29) is 17.9 Å². The monoisotopic (exact) mass is 345 g/mol. The molecule has 2 amide bonds. The lowest BCUT2D eigenvalue weighted by molar-refractivity contribution is -0.134. The van der Waals surface area contributed by atoms with Gasteiger partial charge in [-0.15, -0.1) is 0 Å². The second-order valence-corrected chi connectivity index (χ2v) is 6.93. The molecular formula is C20H31N3O2. The van der Waals surface area contributed by atoms with Crippen molar-refractivity contribution in [3.8, 4) is 0 Å². The predicted molar refractivity (Wildman–Crippen MR) is 102 cm³/mol. The molecule has 1 aromatic carbocycles. The minimum absolute atomic E-state index is 0.0476. The normalized spacial score (nSPS) is 15.8. The number of carbonyl (C=O) groups excluding carboxylic acids is 2. The smallest absolute Gasteiger partial charge is 0.224 e. The van der Waals surface area contributed by atoms with Crippen LogP contribution in [0.5, 0.6) is 0 Å². The van der Waals surface area contributed by atoms with Gasteiger partial charge in [-0.2, -0.15) is 0 Å². The van der Waals surface area contributed by atoms with Crippen LogP contribution in [0, 0.1) is 6.92 Å². The molecule has 0 N–H and O–H groups in total. The Kier molecular flexibility index (Phi) is 6.85. The molecule has 5 nitrogen and oxygen atoms in total. The van der Waals surface area contributed by atoms with Gasteiger partial charge >= 0.3 is 0 Å². The number of rotatable bonds is 6. The van der Waals surface area contributed by atoms with Crippen molar-refractivity contribution >= 4 is 17.5 Å². The third-order valence-electron chi connectivity index (χ3n) is 5.09. The number of carbonyl (C=O) groups is 2. The highest BCUT2D eigenvalue weighted by Gasteiger charge is 2.23. The van der Waals surface area contributed by atoms with E-state index in [1.165, 1.54) is 11.3 Å². The van der Waals surface area contributed by atoms with E-state index >= 15 is 0 Å². The number of hydrogen-bond acceptors (Lipinski definition) is 3. The second-order valence-electron chi connectivity index (χ2n) is 6.93. The van der Waals surface area contributed by atoms with E-state index in [4.69, 9.17) is 0 Å². The molecule has 1 aromatic rings. The molecule has 1 atom stereocenters. The van der Waals surface area contributed by atoms with Crippen molar-refractivity contribution in [1.29, 1.82) is 0 Å². The maximum Gasteiger partial charge on any atom is 0.224 e. The molecule has 2 rings (SSSR count). The van der Waals surface area contributed by atoms with Crippen LogP contribution in [0.2, 0.25) is 0 Å². The minimum Gasteiger partial charge on any atom is -0.368 e. The molecule has 1 heterocycles. The van der Waals surface area contributed by atoms with Gasteiger partial charge in [0.25, 0.3) is 0 Å². The number of piperazine rings is 1. The Morgan fingerprint density at radius 2 is 1.88 bits per heavy atom. The summed E-state index contributed by atoms with van der Waals surface area (Å²) in [6, 6.07) is 8.67. The van der Waals surface area contributed by atoms with Gasteiger partial charge in [0.15, 0.2) is 0 Å². The Morgan fingerprint density at radius 3 is 2.44 bits per heavy atom. The summed E-state index contributed by atoms with van der Waals surface area (Å²) in [5.41, 5.74) is 2.48. The van der Waals surface area contributed by atoms with E-state index in [1.54, 1.807) is 11.8 Å². The molecule has 0 aromatic heterocycles. The van der Waals surface area contributed by atoms with Crippen molar-refractivity contribution in [2.45, 2.75) is 46.6 Å². The first-order valence-electron chi connectivity index (χ1n) is 9.29. The lowest BCUT2D eigenvalue weighted by Crippen LogP contribution is -2.49. The van der Waals surface area contributed by atoms with Crippen LogP contribution in [0.15, 0.2) is 24.3 Å². The molecule has 1 saturated heterocycles. The summed E-state index contributed by atoms with van der Waals surface area (Å²) in [6.45, 7) is 11.5. The van der Waals surface area contributed by atoms with Gasteiger partial charge in [-0.3, -0.25) is 9.59 Å². The third kappa shape index (κ3) is 5.21. The van der Waals surface area contributed by atoms with Crippen LogP contribution in [-0.2, 0) is 9.59 Å². The van der Waals surface area contributed by atoms with Gasteiger partial charge in [0.2, 0.25) is 11.8 Å². The molecule has 1 fully saturated rings. The number of nitrogens with zero attached hydrogens (tertiary/aromatic N) is 3. The zero-order valence-corrected chi connectivity index (χ0v) is 16.0. The third-order valence-corrected chi connectivity index (χ3v) is 5.09. The van der Waals surface area contributed by atoms with Gasteiger partial charge in [0, 0.05) is 57.8 Å². The molecular weight excluding hydrogens is 314 g/mol. The van der Waals surface area contributed by atoms with Gasteiger partial charge in [-0.25, -0.2) is 0 Å². The van der Waals surface area contributed by atoms with E-state index < -0.39 is 0 Å². The van der Waals surface area contributed by atoms with Gasteiger partial charge in [0.05, 0.1) is 0 Å². The van der Waals surface area contributed by atoms with Crippen molar-refractivity contribution in [2.24, 2.45) is 0 Å². The van der Waals surface area contributed by atoms with Crippen LogP contribution in [0.4, 0.5) is 5.69 Å². The lowest BCUT2D eigenvalue weighted by atomic mass is 10.1. The Morgan fingerprint density at radius 1 is 1.20 bits per heavy atom. The predicted octanol–water partition coefficient (Wildman–Crippen LogP) is 2.68. The van der Waals surface area contributed by atoms with Gasteiger partial charge < -0.3 is 14.7 Å². The molecule has 1 aliphatic rings. The fourth-order valence-corrected chi connectivity index (χ4v) is 3.32. The van der Waals surface area contributed by atoms with E-state index in [9.17, 15) is 9.59 Å². The highest BCUT2D eigenvalue weighted by atomic mass is 16.2. The van der Waals surface area contributed by atoms with Crippen LogP contribution in [0.1, 0.15) is 39.2 Å². The molecule has 0 saturated carbocycles. The summed E-state index contributed by atoms with van der Waals surface area (Å²) in [4.78, 5) is 30.3. The molecule has 138 valence electrons. The standard InChI is InChI=1S/C20H31N3O2/c1-5-17(3)23(18(4)24)10-9-20(25)22-13-11-21(12-14-22)19-8-6-7-16(2)15-19/h6-8,15,17H,5,9-14H2,1-4H3. The quantitative estimate of drug-likeness (QED) is 0.796. The van der Waals surface area contributed by atoms with Crippen LogP contribution < -0.4 is 4.90 Å². The largest absolute Gasteiger partial charge is 0.368 e. The maximum absolute atomic E-state index is 12.5. The number of amides is 2. The summed E-state index contributed by atoms with van der Waals surface area (Å²) < 4.78 is 0. The second kappa shape index (κ2) is 8.88. The Labute approximate surface area is 151 Å². The number of hydrogen-bond donors (Lipinski definition) is 0. The van der Waals surface area contributed by atoms with Crippen LogP contribution >= 0.6 is 0 Å². The minimum atomic E-state index is 0.0476. The Balaban J connectivity index is 1.83. The van der Waals surface area contributed by atoms with Gasteiger partial charge in [-0.1, -0.05) is 19.1 Å². The molecule has 1 unspecified atom stereocenters. The summed E-state index contributed by atoms with van der Waals surface area (Å²) in [5, 5.41) is 0. The number of benzene rings is 1. The summed E-state index contributed by atoms with van der Waals surface area (Å²) in [7, 11) is 0. The number of aryl methyl sites for hydroxylation is 1. The average molecular weight is 345 g/mol. The van der Waals surface area contributed by atoms with Crippen LogP contribution in [-0.4, -0.2) is 60.4 Å². The van der Waals surface area contributed by atoms with Gasteiger partial charge in [0.1, 0.15) is 0 Å². The SMILES string of the molecule is CCC(C)N(CCC(=O)N1CCN(c2cccc(C)c2)CC1)C(C)=O. The first-order valence-corrected chi connectivity index (χ1v) is 9.29. The van der Waals surface area contributed by atoms with E-state index in [2.05, 4.69) is 43.0 Å². The van der Waals surface area contributed by atoms with Crippen LogP contribution in [0.25, 0.3) is 0 Å². The van der Waals surface area contributed by atoms with Crippen molar-refractivity contribution in [3.05, 3.63) is 29.8 Å². The maximum atomic E-state index is 12.5. The Hall–Kier alpha value is -2.04. The summed E-state index contributed by atoms with van der Waals surface area (Å²) in [6.07, 6.45) is 1.32. The van der Waals surface area contributed by atoms with Crippen molar-refractivity contribution in [1.82, 2.24) is 9.80 Å². The van der Waals surface area contributed by atoms with Gasteiger partial charge in [-0.05, 0) is 38.0 Å². The molecule has 25 heavy (non-hydrogen) atoms. The molecule has 1 aliphatic heterocycles. The molecule has 0 spiro atoms. The molecule has 5 heteroatoms. The first kappa shape index (κ1) is 19.3. The Bertz CT molecular complexity index is 594. The molecule has 0 radical (unpaired) electrons. The summed E-state index contributed by atoms with van der Waals surface area (Å²) in [5.74, 6) is 0.199. The van der Waals surface area contributed by atoms with Crippen molar-refractivity contribution in [2.75, 3.05) is 37.6 Å². The van der Waals surface area contributed by atoms with E-state index in [0.717, 1.165) is 32.6 Å². The molecule has 0 bridgehead atoms. The lowest BCUT2D eigenvalue weighted by Gasteiger charge is -2.37. The van der Waals surface area contributed by atoms with Crippen molar-refractivity contribution < 1.29 is 9.59 Å². The highest BCUT2D eigenvalue weighted by Crippen LogP contribution is 2.18. The zero-order chi connectivity index (χ0) is 18.4. The van der Waals surface area contributed by atoms with Crippen LogP contribution in [0.3, 0.4) is 0 Å².